The van der Waals surface area contributed by atoms with Crippen molar-refractivity contribution in [1.29, 1.82) is 0 Å². The van der Waals surface area contributed by atoms with Crippen molar-refractivity contribution in [2.45, 2.75) is 94.8 Å². The standard InChI is InChI=1S/C27H37N3O3/c28-27(32)26(31)24-16-29(25-13-9-8-12-23(24)25)20-14-21-17-33-18-22(15-20)30(21)19-10-6-4-2-1-3-5-7-11-19/h8-9,12-13,16,19-22H,1-7,10-11,14-15,17-18H2,(H2,28,32)/t20-,21-,22+. The summed E-state index contributed by atoms with van der Waals surface area (Å²) in [7, 11) is 0. The van der Waals surface area contributed by atoms with Gasteiger partial charge in [-0.1, -0.05) is 63.1 Å². The highest BCUT2D eigenvalue weighted by Gasteiger charge is 2.43. The first-order valence-electron chi connectivity index (χ1n) is 12.9. The zero-order valence-corrected chi connectivity index (χ0v) is 19.6. The molecule has 1 aromatic carbocycles. The molecule has 178 valence electrons. The summed E-state index contributed by atoms with van der Waals surface area (Å²) in [5, 5.41) is 0.817. The van der Waals surface area contributed by atoms with Crippen LogP contribution in [-0.4, -0.2) is 52.5 Å². The van der Waals surface area contributed by atoms with Crippen molar-refractivity contribution < 1.29 is 14.3 Å². The molecule has 33 heavy (non-hydrogen) atoms. The van der Waals surface area contributed by atoms with Crippen LogP contribution in [0.5, 0.6) is 0 Å². The number of hydrogen-bond donors (Lipinski definition) is 1. The third-order valence-electron chi connectivity index (χ3n) is 8.15. The second kappa shape index (κ2) is 9.98. The highest BCUT2D eigenvalue weighted by molar-refractivity contribution is 6.44. The van der Waals surface area contributed by atoms with Crippen molar-refractivity contribution in [1.82, 2.24) is 9.47 Å². The minimum Gasteiger partial charge on any atom is -0.378 e. The number of rotatable bonds is 4. The molecule has 3 aliphatic rings. The van der Waals surface area contributed by atoms with Gasteiger partial charge in [-0.3, -0.25) is 14.5 Å². The predicted molar refractivity (Wildman–Crippen MR) is 129 cm³/mol. The molecule has 1 amide bonds. The first-order valence-corrected chi connectivity index (χ1v) is 12.9. The number of carbonyl (C=O) groups excluding carboxylic acids is 2. The van der Waals surface area contributed by atoms with Crippen molar-refractivity contribution in [3.8, 4) is 0 Å². The summed E-state index contributed by atoms with van der Waals surface area (Å²) in [4.78, 5) is 27.0. The molecule has 0 unspecified atom stereocenters. The summed E-state index contributed by atoms with van der Waals surface area (Å²) in [5.41, 5.74) is 6.78. The number of morpholine rings is 1. The number of nitrogens with zero attached hydrogens (tertiary/aromatic N) is 2. The minimum atomic E-state index is -0.894. The molecule has 3 fully saturated rings. The fourth-order valence-corrected chi connectivity index (χ4v) is 6.64. The van der Waals surface area contributed by atoms with Gasteiger partial charge in [-0.15, -0.1) is 0 Å². The van der Waals surface area contributed by atoms with E-state index in [4.69, 9.17) is 10.5 Å². The van der Waals surface area contributed by atoms with Gasteiger partial charge in [0.25, 0.3) is 11.7 Å². The Bertz CT molecular complexity index is 976. The van der Waals surface area contributed by atoms with E-state index < -0.39 is 11.7 Å². The molecule has 2 saturated heterocycles. The van der Waals surface area contributed by atoms with E-state index in [1.54, 1.807) is 0 Å². The first kappa shape index (κ1) is 22.6. The van der Waals surface area contributed by atoms with Gasteiger partial charge < -0.3 is 15.0 Å². The summed E-state index contributed by atoms with van der Waals surface area (Å²) >= 11 is 0. The molecular weight excluding hydrogens is 414 g/mol. The van der Waals surface area contributed by atoms with Gasteiger partial charge in [0.1, 0.15) is 0 Å². The lowest BCUT2D eigenvalue weighted by molar-refractivity contribution is -0.114. The highest BCUT2D eigenvalue weighted by atomic mass is 16.5. The monoisotopic (exact) mass is 451 g/mol. The fraction of sp³-hybridized carbons (Fsp3) is 0.630. The largest absolute Gasteiger partial charge is 0.378 e. The molecule has 3 atom stereocenters. The number of ketones is 1. The molecule has 2 aromatic rings. The molecule has 0 radical (unpaired) electrons. The summed E-state index contributed by atoms with van der Waals surface area (Å²) in [6.45, 7) is 1.57. The fourth-order valence-electron chi connectivity index (χ4n) is 6.64. The highest BCUT2D eigenvalue weighted by Crippen LogP contribution is 2.40. The van der Waals surface area contributed by atoms with Gasteiger partial charge in [-0.05, 0) is 31.7 Å². The Morgan fingerprint density at radius 3 is 2.06 bits per heavy atom. The van der Waals surface area contributed by atoms with Gasteiger partial charge in [-0.2, -0.15) is 0 Å². The van der Waals surface area contributed by atoms with Crippen LogP contribution >= 0.6 is 0 Å². The molecule has 6 heteroatoms. The Morgan fingerprint density at radius 2 is 1.42 bits per heavy atom. The smallest absolute Gasteiger partial charge is 0.289 e. The molecule has 5 rings (SSSR count). The van der Waals surface area contributed by atoms with Gasteiger partial charge in [0, 0.05) is 41.3 Å². The van der Waals surface area contributed by atoms with E-state index in [0.29, 0.717) is 29.7 Å². The molecule has 2 bridgehead atoms. The quantitative estimate of drug-likeness (QED) is 0.544. The normalized spacial score (nSPS) is 27.9. The molecule has 3 heterocycles. The molecule has 0 spiro atoms. The van der Waals surface area contributed by atoms with Crippen molar-refractivity contribution in [3.05, 3.63) is 36.0 Å². The Kier molecular flexibility index (Phi) is 6.84. The molecule has 2 aliphatic heterocycles. The maximum absolute atomic E-state index is 12.5. The summed E-state index contributed by atoms with van der Waals surface area (Å²) in [6.07, 6.45) is 16.1. The number of primary amides is 1. The number of nitrogens with two attached hydrogens (primary N) is 1. The lowest BCUT2D eigenvalue weighted by Crippen LogP contribution is -2.60. The van der Waals surface area contributed by atoms with Gasteiger partial charge in [0.2, 0.25) is 0 Å². The zero-order chi connectivity index (χ0) is 22.8. The average Bonchev–Trinajstić information content (AvgIpc) is 3.21. The molecule has 1 aromatic heterocycles. The third-order valence-corrected chi connectivity index (χ3v) is 8.15. The molecule has 2 N–H and O–H groups in total. The van der Waals surface area contributed by atoms with Crippen LogP contribution in [0.25, 0.3) is 10.9 Å². The Hall–Kier alpha value is -2.18. The lowest BCUT2D eigenvalue weighted by Gasteiger charge is -2.52. The zero-order valence-electron chi connectivity index (χ0n) is 19.6. The maximum atomic E-state index is 12.5. The van der Waals surface area contributed by atoms with Crippen LogP contribution in [0.1, 0.15) is 87.0 Å². The van der Waals surface area contributed by atoms with Crippen LogP contribution in [0.3, 0.4) is 0 Å². The number of fused-ring (bicyclic) bond motifs is 3. The van der Waals surface area contributed by atoms with E-state index in [-0.39, 0.29) is 0 Å². The maximum Gasteiger partial charge on any atom is 0.289 e. The second-order valence-corrected chi connectivity index (χ2v) is 10.3. The number of amides is 1. The minimum absolute atomic E-state index is 0.291. The van der Waals surface area contributed by atoms with Crippen LogP contribution in [0.2, 0.25) is 0 Å². The van der Waals surface area contributed by atoms with E-state index >= 15 is 0 Å². The number of Topliss-reactive ketones (excluding diaryl/α,β-unsaturated/α-hetero) is 1. The van der Waals surface area contributed by atoms with Gasteiger partial charge in [-0.25, -0.2) is 0 Å². The van der Waals surface area contributed by atoms with Crippen molar-refractivity contribution >= 4 is 22.6 Å². The predicted octanol–water partition coefficient (Wildman–Crippen LogP) is 4.61. The summed E-state index contributed by atoms with van der Waals surface area (Å²) < 4.78 is 8.28. The number of piperidine rings is 1. The molecule has 1 aliphatic carbocycles. The number of aromatic nitrogens is 1. The number of hydrogen-bond acceptors (Lipinski definition) is 4. The van der Waals surface area contributed by atoms with Crippen LogP contribution < -0.4 is 5.73 Å². The first-order chi connectivity index (χ1) is 16.1. The van der Waals surface area contributed by atoms with Crippen LogP contribution in [-0.2, 0) is 9.53 Å². The Balaban J connectivity index is 1.40. The van der Waals surface area contributed by atoms with Gasteiger partial charge in [0.05, 0.1) is 18.8 Å². The number of ether oxygens (including phenoxy) is 1. The summed E-state index contributed by atoms with van der Waals surface area (Å²) in [6, 6.07) is 9.65. The van der Waals surface area contributed by atoms with Crippen molar-refractivity contribution in [3.63, 3.8) is 0 Å². The average molecular weight is 452 g/mol. The number of benzene rings is 1. The van der Waals surface area contributed by atoms with E-state index in [0.717, 1.165) is 37.0 Å². The van der Waals surface area contributed by atoms with E-state index in [9.17, 15) is 9.59 Å². The Labute approximate surface area is 196 Å². The van der Waals surface area contributed by atoms with Crippen LogP contribution in [0, 0.1) is 0 Å². The SMILES string of the molecule is NC(=O)C(=O)c1cn([C@H]2C[C@H]3COC[C@@H](C2)N3C2CCCCCCCCC2)c2ccccc12. The van der Waals surface area contributed by atoms with Gasteiger partial charge in [0.15, 0.2) is 0 Å². The molecule has 1 saturated carbocycles. The Morgan fingerprint density at radius 1 is 0.818 bits per heavy atom. The molecule has 6 nitrogen and oxygen atoms in total. The third kappa shape index (κ3) is 4.60. The topological polar surface area (TPSA) is 77.6 Å². The second-order valence-electron chi connectivity index (χ2n) is 10.3. The number of para-hydroxylation sites is 1. The van der Waals surface area contributed by atoms with Crippen molar-refractivity contribution in [2.24, 2.45) is 5.73 Å². The van der Waals surface area contributed by atoms with E-state index in [1.807, 2.05) is 30.5 Å². The number of carbonyl (C=O) groups is 2. The van der Waals surface area contributed by atoms with Crippen molar-refractivity contribution in [2.75, 3.05) is 13.2 Å². The van der Waals surface area contributed by atoms with Gasteiger partial charge >= 0.3 is 0 Å². The van der Waals surface area contributed by atoms with Crippen LogP contribution in [0.4, 0.5) is 0 Å². The van der Waals surface area contributed by atoms with E-state index in [2.05, 4.69) is 9.47 Å². The lowest BCUT2D eigenvalue weighted by atomic mass is 9.85. The summed E-state index contributed by atoms with van der Waals surface area (Å²) in [5.74, 6) is -1.50. The van der Waals surface area contributed by atoms with E-state index in [1.165, 1.54) is 57.8 Å². The van der Waals surface area contributed by atoms with Crippen LogP contribution in [0.15, 0.2) is 30.5 Å². The molecular formula is C27H37N3O3.